The third-order valence-electron chi connectivity index (χ3n) is 6.09. The van der Waals surface area contributed by atoms with Crippen LogP contribution in [0.15, 0.2) is 53.5 Å². The predicted molar refractivity (Wildman–Crippen MR) is 133 cm³/mol. The van der Waals surface area contributed by atoms with Crippen LogP contribution in [0.5, 0.6) is 0 Å². The van der Waals surface area contributed by atoms with Crippen molar-refractivity contribution in [3.05, 3.63) is 64.7 Å². The van der Waals surface area contributed by atoms with Gasteiger partial charge < -0.3 is 14.6 Å². The van der Waals surface area contributed by atoms with Crippen LogP contribution in [0.2, 0.25) is 5.02 Å². The van der Waals surface area contributed by atoms with Crippen LogP contribution in [0.4, 0.5) is 15.3 Å². The van der Waals surface area contributed by atoms with Crippen LogP contribution in [0.1, 0.15) is 31.4 Å². The Morgan fingerprint density at radius 3 is 2.50 bits per heavy atom. The zero-order valence-corrected chi connectivity index (χ0v) is 20.7. The first-order chi connectivity index (χ1) is 17.1. The molecule has 3 amide bonds. The Balaban J connectivity index is 1.57. The first kappa shape index (κ1) is 25.5. The summed E-state index contributed by atoms with van der Waals surface area (Å²) in [6.07, 6.45) is -2.08. The number of halogens is 1. The van der Waals surface area contributed by atoms with Gasteiger partial charge >= 0.3 is 12.2 Å². The number of carboxylic acid groups (broad SMARTS) is 1. The number of amides is 3. The highest BCUT2D eigenvalue weighted by Gasteiger charge is 2.44. The number of carbonyl (C=O) groups excluding carboxylic acids is 2. The van der Waals surface area contributed by atoms with Gasteiger partial charge in [0.15, 0.2) is 0 Å². The van der Waals surface area contributed by atoms with E-state index in [4.69, 9.17) is 21.1 Å². The molecule has 10 nitrogen and oxygen atoms in total. The Hall–Kier alpha value is -3.63. The van der Waals surface area contributed by atoms with Gasteiger partial charge in [0, 0.05) is 17.5 Å². The summed E-state index contributed by atoms with van der Waals surface area (Å²) in [6.45, 7) is 4.94. The smallest absolute Gasteiger partial charge is 0.412 e. The molecule has 4 rings (SSSR count). The summed E-state index contributed by atoms with van der Waals surface area (Å²) < 4.78 is 10.5. The fourth-order valence-corrected chi connectivity index (χ4v) is 4.57. The van der Waals surface area contributed by atoms with Crippen LogP contribution >= 0.6 is 11.6 Å². The number of hydrogen-bond acceptors (Lipinski definition) is 6. The third kappa shape index (κ3) is 5.60. The molecule has 0 spiro atoms. The SMILES string of the molecule is CC1(CN2C(=O)C[C@@](C)(c3cccc(NC(=O)OCc4ccccc4)c3Cl)N=C2NC(=O)O)COC1. The predicted octanol–water partition coefficient (Wildman–Crippen LogP) is 4.20. The van der Waals surface area contributed by atoms with Crippen molar-refractivity contribution in [1.82, 2.24) is 10.2 Å². The van der Waals surface area contributed by atoms with Crippen molar-refractivity contribution < 1.29 is 29.0 Å². The lowest BCUT2D eigenvalue weighted by Crippen LogP contribution is -2.58. The molecule has 0 radical (unpaired) electrons. The van der Waals surface area contributed by atoms with Gasteiger partial charge in [-0.1, -0.05) is 61.0 Å². The maximum absolute atomic E-state index is 13.2. The lowest BCUT2D eigenvalue weighted by atomic mass is 9.85. The highest BCUT2D eigenvalue weighted by Crippen LogP contribution is 2.41. The quantitative estimate of drug-likeness (QED) is 0.530. The summed E-state index contributed by atoms with van der Waals surface area (Å²) in [6, 6.07) is 14.2. The first-order valence-electron chi connectivity index (χ1n) is 11.3. The molecule has 1 atom stereocenters. The maximum atomic E-state index is 13.2. The fraction of sp³-hybridized carbons (Fsp3) is 0.360. The van der Waals surface area contributed by atoms with E-state index in [1.54, 1.807) is 25.1 Å². The summed E-state index contributed by atoms with van der Waals surface area (Å²) in [5.74, 6) is -0.382. The maximum Gasteiger partial charge on any atom is 0.412 e. The normalized spacial score (nSPS) is 20.7. The van der Waals surface area contributed by atoms with E-state index >= 15 is 0 Å². The first-order valence-corrected chi connectivity index (χ1v) is 11.7. The number of carbonyl (C=O) groups is 3. The monoisotopic (exact) mass is 514 g/mol. The molecule has 1 fully saturated rings. The van der Waals surface area contributed by atoms with Crippen LogP contribution < -0.4 is 10.6 Å². The Morgan fingerprint density at radius 1 is 1.14 bits per heavy atom. The zero-order chi connectivity index (χ0) is 25.9. The Morgan fingerprint density at radius 2 is 1.86 bits per heavy atom. The molecule has 0 aromatic heterocycles. The molecule has 2 aromatic rings. The lowest BCUT2D eigenvalue weighted by molar-refractivity contribution is -0.140. The lowest BCUT2D eigenvalue weighted by Gasteiger charge is -2.44. The van der Waals surface area contributed by atoms with Crippen molar-refractivity contribution in [3.63, 3.8) is 0 Å². The van der Waals surface area contributed by atoms with Gasteiger partial charge in [-0.15, -0.1) is 0 Å². The molecular weight excluding hydrogens is 488 g/mol. The van der Waals surface area contributed by atoms with Crippen molar-refractivity contribution in [2.45, 2.75) is 32.4 Å². The molecule has 11 heteroatoms. The number of ether oxygens (including phenoxy) is 2. The average molecular weight is 515 g/mol. The van der Waals surface area contributed by atoms with E-state index < -0.39 is 17.7 Å². The Bertz CT molecular complexity index is 1200. The number of rotatable bonds is 6. The van der Waals surface area contributed by atoms with E-state index in [2.05, 4.69) is 15.6 Å². The average Bonchev–Trinajstić information content (AvgIpc) is 2.80. The number of aliphatic imine (C=N–C) groups is 1. The second-order valence-corrected chi connectivity index (χ2v) is 9.83. The van der Waals surface area contributed by atoms with Crippen LogP contribution in [0.3, 0.4) is 0 Å². The second kappa shape index (κ2) is 10.2. The largest absolute Gasteiger partial charge is 0.465 e. The fourth-order valence-electron chi connectivity index (χ4n) is 4.19. The van der Waals surface area contributed by atoms with Gasteiger partial charge in [0.2, 0.25) is 11.9 Å². The van der Waals surface area contributed by atoms with E-state index in [9.17, 15) is 19.5 Å². The van der Waals surface area contributed by atoms with E-state index in [0.29, 0.717) is 18.8 Å². The molecule has 2 aromatic carbocycles. The van der Waals surface area contributed by atoms with Crippen LogP contribution in [-0.2, 0) is 26.4 Å². The minimum Gasteiger partial charge on any atom is -0.465 e. The van der Waals surface area contributed by atoms with Gasteiger partial charge in [0.1, 0.15) is 6.61 Å². The summed E-state index contributed by atoms with van der Waals surface area (Å²) in [5, 5.41) is 14.4. The van der Waals surface area contributed by atoms with Crippen molar-refractivity contribution >= 4 is 41.3 Å². The molecule has 1 saturated heterocycles. The van der Waals surface area contributed by atoms with E-state index in [-0.39, 0.29) is 47.6 Å². The van der Waals surface area contributed by atoms with Crippen molar-refractivity contribution in [3.8, 4) is 0 Å². The number of guanidine groups is 1. The van der Waals surface area contributed by atoms with Crippen molar-refractivity contribution in [2.75, 3.05) is 25.1 Å². The third-order valence-corrected chi connectivity index (χ3v) is 6.50. The minimum atomic E-state index is -1.34. The molecular formula is C25H27ClN4O6. The second-order valence-electron chi connectivity index (χ2n) is 9.45. The molecule has 36 heavy (non-hydrogen) atoms. The number of hydrogen-bond donors (Lipinski definition) is 3. The van der Waals surface area contributed by atoms with Gasteiger partial charge in [-0.2, -0.15) is 0 Å². The summed E-state index contributed by atoms with van der Waals surface area (Å²) in [4.78, 5) is 43.0. The van der Waals surface area contributed by atoms with Crippen LogP contribution in [0, 0.1) is 5.41 Å². The van der Waals surface area contributed by atoms with Gasteiger partial charge in [0.25, 0.3) is 0 Å². The van der Waals surface area contributed by atoms with Gasteiger partial charge in [0.05, 0.1) is 35.9 Å². The topological polar surface area (TPSA) is 130 Å². The van der Waals surface area contributed by atoms with Crippen LogP contribution in [0.25, 0.3) is 0 Å². The molecule has 0 aliphatic carbocycles. The molecule has 2 heterocycles. The Kier molecular flexibility index (Phi) is 7.18. The summed E-state index contributed by atoms with van der Waals surface area (Å²) in [5.41, 5.74) is 0.114. The molecule has 2 aliphatic heterocycles. The molecule has 3 N–H and O–H groups in total. The minimum absolute atomic E-state index is 0.0453. The van der Waals surface area contributed by atoms with Gasteiger partial charge in [-0.3, -0.25) is 20.3 Å². The van der Waals surface area contributed by atoms with E-state index in [1.165, 1.54) is 4.90 Å². The summed E-state index contributed by atoms with van der Waals surface area (Å²) >= 11 is 6.65. The molecule has 0 saturated carbocycles. The van der Waals surface area contributed by atoms with E-state index in [1.807, 2.05) is 37.3 Å². The van der Waals surface area contributed by atoms with Crippen molar-refractivity contribution in [2.24, 2.45) is 10.4 Å². The number of nitrogens with zero attached hydrogens (tertiary/aromatic N) is 2. The highest BCUT2D eigenvalue weighted by molar-refractivity contribution is 6.34. The molecule has 190 valence electrons. The van der Waals surface area contributed by atoms with E-state index in [0.717, 1.165) is 5.56 Å². The molecule has 0 unspecified atom stereocenters. The number of anilines is 1. The summed E-state index contributed by atoms with van der Waals surface area (Å²) in [7, 11) is 0. The zero-order valence-electron chi connectivity index (χ0n) is 19.9. The Labute approximate surface area is 213 Å². The van der Waals surface area contributed by atoms with Crippen LogP contribution in [-0.4, -0.2) is 53.8 Å². The molecule has 2 aliphatic rings. The highest BCUT2D eigenvalue weighted by atomic mass is 35.5. The molecule has 0 bridgehead atoms. The van der Waals surface area contributed by atoms with Crippen molar-refractivity contribution in [1.29, 1.82) is 0 Å². The number of nitrogens with one attached hydrogen (secondary N) is 2. The van der Waals surface area contributed by atoms with Gasteiger partial charge in [-0.25, -0.2) is 14.6 Å². The number of benzene rings is 2. The van der Waals surface area contributed by atoms with Gasteiger partial charge in [-0.05, 0) is 18.6 Å². The standard InChI is InChI=1S/C25H27ClN4O6/c1-24(14-35-15-24)13-30-19(31)11-25(2,29-21(30)28-22(32)33)17-9-6-10-18(20(17)26)27-23(34)36-12-16-7-4-3-5-8-16/h3-10H,11-15H2,1-2H3,(H,27,34)(H,28,29)(H,32,33)/t25-/m0/s1.